The van der Waals surface area contributed by atoms with Crippen molar-refractivity contribution in [3.8, 4) is 0 Å². The average Bonchev–Trinajstić information content (AvgIpc) is 2.82. The number of hydrogen-bond donors (Lipinski definition) is 0. The number of rotatable bonds is 6. The van der Waals surface area contributed by atoms with Crippen LogP contribution >= 0.6 is 0 Å². The van der Waals surface area contributed by atoms with Gasteiger partial charge in [-0.15, -0.1) is 0 Å². The number of carbonyl (C=O) groups is 2. The maximum atomic E-state index is 14.4. The molecule has 0 radical (unpaired) electrons. The van der Waals surface area contributed by atoms with Crippen LogP contribution in [0.3, 0.4) is 0 Å². The molecule has 1 amide bonds. The molecule has 1 spiro atoms. The molecular weight excluding hydrogens is 423 g/mol. The number of carbonyl (C=O) groups excluding carboxylic acids is 2. The highest BCUT2D eigenvalue weighted by Gasteiger charge is 2.46. The van der Waals surface area contributed by atoms with Gasteiger partial charge in [-0.3, -0.25) is 4.79 Å². The Morgan fingerprint density at radius 1 is 1.18 bits per heavy atom. The summed E-state index contributed by atoms with van der Waals surface area (Å²) < 4.78 is 25.7. The van der Waals surface area contributed by atoms with Crippen molar-refractivity contribution in [3.05, 3.63) is 65.5 Å². The number of esters is 1. The summed E-state index contributed by atoms with van der Waals surface area (Å²) in [5.74, 6) is -0.885. The van der Waals surface area contributed by atoms with Crippen molar-refractivity contribution in [2.75, 3.05) is 37.7 Å². The molecule has 4 rings (SSSR count). The summed E-state index contributed by atoms with van der Waals surface area (Å²) >= 11 is 0. The van der Waals surface area contributed by atoms with Gasteiger partial charge in [-0.05, 0) is 62.9 Å². The molecule has 0 aromatic heterocycles. The van der Waals surface area contributed by atoms with Crippen molar-refractivity contribution in [1.29, 1.82) is 0 Å². The van der Waals surface area contributed by atoms with Crippen LogP contribution in [0, 0.1) is 5.82 Å². The standard InChI is InChI=1S/C26H31FN2O4/c1-3-32-25(31)21-8-6-7-20(17-21)11-14-28-15-12-26(13-16-28)18-29(24(30)19(2)33-26)23-10-5-4-9-22(23)27/h4-10,17,19H,3,11-16,18H2,1-2H3. The van der Waals surface area contributed by atoms with Gasteiger partial charge in [0.2, 0.25) is 0 Å². The number of halogens is 1. The number of morpholine rings is 1. The van der Waals surface area contributed by atoms with Gasteiger partial charge in [0.05, 0.1) is 30.0 Å². The molecule has 2 heterocycles. The molecule has 2 saturated heterocycles. The smallest absolute Gasteiger partial charge is 0.338 e. The lowest BCUT2D eigenvalue weighted by atomic mass is 9.88. The molecule has 2 aromatic carbocycles. The maximum absolute atomic E-state index is 14.4. The maximum Gasteiger partial charge on any atom is 0.338 e. The minimum atomic E-state index is -0.601. The zero-order valence-corrected chi connectivity index (χ0v) is 19.3. The van der Waals surface area contributed by atoms with Gasteiger partial charge < -0.3 is 19.3 Å². The minimum absolute atomic E-state index is 0.199. The Hall–Kier alpha value is -2.77. The molecule has 0 N–H and O–H groups in total. The highest BCUT2D eigenvalue weighted by molar-refractivity contribution is 5.97. The molecule has 2 fully saturated rings. The first-order chi connectivity index (χ1) is 15.9. The van der Waals surface area contributed by atoms with Crippen LogP contribution in [-0.2, 0) is 20.7 Å². The lowest BCUT2D eigenvalue weighted by Gasteiger charge is -2.49. The van der Waals surface area contributed by atoms with Gasteiger partial charge in [0, 0.05) is 19.6 Å². The monoisotopic (exact) mass is 454 g/mol. The van der Waals surface area contributed by atoms with E-state index in [4.69, 9.17) is 9.47 Å². The van der Waals surface area contributed by atoms with E-state index in [-0.39, 0.29) is 11.9 Å². The van der Waals surface area contributed by atoms with Gasteiger partial charge in [-0.1, -0.05) is 24.3 Å². The number of hydrogen-bond acceptors (Lipinski definition) is 5. The highest BCUT2D eigenvalue weighted by atomic mass is 19.1. The summed E-state index contributed by atoms with van der Waals surface area (Å²) in [6.45, 7) is 6.82. The quantitative estimate of drug-likeness (QED) is 0.621. The molecule has 0 saturated carbocycles. The second kappa shape index (κ2) is 10.0. The van der Waals surface area contributed by atoms with Crippen LogP contribution in [-0.4, -0.2) is 61.3 Å². The number of ether oxygens (including phenoxy) is 2. The topological polar surface area (TPSA) is 59.1 Å². The molecule has 6 nitrogen and oxygen atoms in total. The first kappa shape index (κ1) is 23.4. The van der Waals surface area contributed by atoms with Crippen molar-refractivity contribution in [3.63, 3.8) is 0 Å². The van der Waals surface area contributed by atoms with Crippen LogP contribution in [0.1, 0.15) is 42.6 Å². The zero-order chi connectivity index (χ0) is 23.4. The van der Waals surface area contributed by atoms with Gasteiger partial charge in [0.1, 0.15) is 11.9 Å². The fourth-order valence-corrected chi connectivity index (χ4v) is 4.74. The third-order valence-electron chi connectivity index (χ3n) is 6.55. The first-order valence-electron chi connectivity index (χ1n) is 11.6. The van der Waals surface area contributed by atoms with Gasteiger partial charge in [-0.2, -0.15) is 0 Å². The number of amides is 1. The van der Waals surface area contributed by atoms with E-state index in [2.05, 4.69) is 4.90 Å². The van der Waals surface area contributed by atoms with Crippen molar-refractivity contribution < 1.29 is 23.5 Å². The van der Waals surface area contributed by atoms with E-state index < -0.39 is 17.5 Å². The molecule has 1 atom stereocenters. The van der Waals surface area contributed by atoms with Crippen molar-refractivity contribution >= 4 is 17.6 Å². The van der Waals surface area contributed by atoms with Gasteiger partial charge >= 0.3 is 5.97 Å². The van der Waals surface area contributed by atoms with Gasteiger partial charge in [-0.25, -0.2) is 9.18 Å². The van der Waals surface area contributed by atoms with Crippen LogP contribution in [0.2, 0.25) is 0 Å². The number of para-hydroxylation sites is 1. The molecule has 0 aliphatic carbocycles. The third-order valence-corrected chi connectivity index (χ3v) is 6.55. The molecule has 2 aromatic rings. The predicted molar refractivity (Wildman–Crippen MR) is 124 cm³/mol. The van der Waals surface area contributed by atoms with Crippen molar-refractivity contribution in [1.82, 2.24) is 4.90 Å². The normalized spacial score (nSPS) is 20.8. The summed E-state index contributed by atoms with van der Waals surface area (Å²) in [6, 6.07) is 14.0. The molecule has 2 aliphatic rings. The Morgan fingerprint density at radius 3 is 2.67 bits per heavy atom. The van der Waals surface area contributed by atoms with E-state index >= 15 is 0 Å². The van der Waals surface area contributed by atoms with E-state index in [9.17, 15) is 14.0 Å². The highest BCUT2D eigenvalue weighted by Crippen LogP contribution is 2.35. The summed E-state index contributed by atoms with van der Waals surface area (Å²) in [5.41, 5.74) is 1.53. The SMILES string of the molecule is CCOC(=O)c1cccc(CCN2CCC3(CC2)CN(c2ccccc2F)C(=O)C(C)O3)c1. The van der Waals surface area contributed by atoms with E-state index in [1.165, 1.54) is 6.07 Å². The Labute approximate surface area is 194 Å². The van der Waals surface area contributed by atoms with Gasteiger partial charge in [0.15, 0.2) is 0 Å². The Morgan fingerprint density at radius 2 is 1.94 bits per heavy atom. The Balaban J connectivity index is 1.36. The average molecular weight is 455 g/mol. The minimum Gasteiger partial charge on any atom is -0.462 e. The second-order valence-electron chi connectivity index (χ2n) is 8.83. The number of nitrogens with zero attached hydrogens (tertiary/aromatic N) is 2. The lowest BCUT2D eigenvalue weighted by molar-refractivity contribution is -0.161. The third kappa shape index (κ3) is 5.25. The van der Waals surface area contributed by atoms with E-state index in [1.807, 2.05) is 18.2 Å². The number of anilines is 1. The van der Waals surface area contributed by atoms with Crippen LogP contribution < -0.4 is 4.90 Å². The zero-order valence-electron chi connectivity index (χ0n) is 19.3. The summed E-state index contributed by atoms with van der Waals surface area (Å²) in [7, 11) is 0. The summed E-state index contributed by atoms with van der Waals surface area (Å²) in [6.07, 6.45) is 1.78. The van der Waals surface area contributed by atoms with Crippen LogP contribution in [0.25, 0.3) is 0 Å². The number of likely N-dealkylation sites (tertiary alicyclic amines) is 1. The van der Waals surface area contributed by atoms with Crippen molar-refractivity contribution in [2.45, 2.75) is 44.8 Å². The molecule has 0 bridgehead atoms. The van der Waals surface area contributed by atoms with Gasteiger partial charge in [0.25, 0.3) is 5.91 Å². The fourth-order valence-electron chi connectivity index (χ4n) is 4.74. The predicted octanol–water partition coefficient (Wildman–Crippen LogP) is 3.83. The van der Waals surface area contributed by atoms with Crippen molar-refractivity contribution in [2.24, 2.45) is 0 Å². The lowest BCUT2D eigenvalue weighted by Crippen LogP contribution is -2.61. The van der Waals surface area contributed by atoms with Crippen LogP contribution in [0.15, 0.2) is 48.5 Å². The molecule has 2 aliphatic heterocycles. The molecule has 1 unspecified atom stereocenters. The van der Waals surface area contributed by atoms with E-state index in [1.54, 1.807) is 43.0 Å². The van der Waals surface area contributed by atoms with Crippen LogP contribution in [0.4, 0.5) is 10.1 Å². The summed E-state index contributed by atoms with van der Waals surface area (Å²) in [4.78, 5) is 28.6. The largest absolute Gasteiger partial charge is 0.462 e. The number of benzene rings is 2. The number of piperidine rings is 1. The van der Waals surface area contributed by atoms with Crippen LogP contribution in [0.5, 0.6) is 0 Å². The van der Waals surface area contributed by atoms with E-state index in [0.29, 0.717) is 24.4 Å². The summed E-state index contributed by atoms with van der Waals surface area (Å²) in [5, 5.41) is 0. The molecule has 176 valence electrons. The second-order valence-corrected chi connectivity index (χ2v) is 8.83. The fraction of sp³-hybridized carbons (Fsp3) is 0.462. The first-order valence-corrected chi connectivity index (χ1v) is 11.6. The molecule has 33 heavy (non-hydrogen) atoms. The Kier molecular flexibility index (Phi) is 7.10. The van der Waals surface area contributed by atoms with E-state index in [0.717, 1.165) is 44.5 Å². The molecule has 7 heteroatoms. The Bertz CT molecular complexity index is 1000. The molecular formula is C26H31FN2O4.